The number of hydrogen-bond donors (Lipinski definition) is 1. The summed E-state index contributed by atoms with van der Waals surface area (Å²) in [5.41, 5.74) is 2.09. The predicted molar refractivity (Wildman–Crippen MR) is 101 cm³/mol. The molecule has 140 valence electrons. The van der Waals surface area contributed by atoms with Crippen molar-refractivity contribution in [1.29, 1.82) is 0 Å². The van der Waals surface area contributed by atoms with Crippen molar-refractivity contribution in [1.82, 2.24) is 5.32 Å². The number of ether oxygens (including phenoxy) is 1. The number of aryl methyl sites for hydroxylation is 1. The van der Waals surface area contributed by atoms with E-state index in [2.05, 4.69) is 24.4 Å². The van der Waals surface area contributed by atoms with E-state index in [0.29, 0.717) is 12.3 Å². The fourth-order valence-corrected chi connectivity index (χ4v) is 2.64. The van der Waals surface area contributed by atoms with E-state index in [4.69, 9.17) is 9.15 Å². The molecule has 4 nitrogen and oxygen atoms in total. The molecule has 0 aliphatic rings. The Balaban J connectivity index is 1.49. The summed E-state index contributed by atoms with van der Waals surface area (Å²) in [5.74, 6) is 0.914. The normalized spacial score (nSPS) is 10.6. The Bertz CT molecular complexity index is 869. The molecule has 1 aromatic heterocycles. The first-order chi connectivity index (χ1) is 13.1. The highest BCUT2D eigenvalue weighted by Gasteiger charge is 2.11. The van der Waals surface area contributed by atoms with E-state index in [1.165, 1.54) is 17.7 Å². The molecule has 0 aliphatic carbocycles. The van der Waals surface area contributed by atoms with Crippen molar-refractivity contribution in [3.8, 4) is 5.75 Å². The van der Waals surface area contributed by atoms with Gasteiger partial charge in [-0.1, -0.05) is 37.6 Å². The smallest absolute Gasteiger partial charge is 0.287 e. The second-order valence-electron chi connectivity index (χ2n) is 6.26. The van der Waals surface area contributed by atoms with Gasteiger partial charge >= 0.3 is 0 Å². The number of benzene rings is 2. The van der Waals surface area contributed by atoms with Crippen molar-refractivity contribution in [2.45, 2.75) is 32.9 Å². The molecule has 2 aromatic carbocycles. The van der Waals surface area contributed by atoms with Gasteiger partial charge in [0.2, 0.25) is 0 Å². The van der Waals surface area contributed by atoms with Gasteiger partial charge in [-0.05, 0) is 53.9 Å². The maximum atomic E-state index is 12.9. The van der Waals surface area contributed by atoms with Gasteiger partial charge < -0.3 is 14.5 Å². The van der Waals surface area contributed by atoms with E-state index in [1.807, 2.05) is 12.1 Å². The van der Waals surface area contributed by atoms with E-state index in [-0.39, 0.29) is 24.1 Å². The van der Waals surface area contributed by atoms with Gasteiger partial charge in [0.15, 0.2) is 5.76 Å². The first-order valence-electron chi connectivity index (χ1n) is 8.97. The molecule has 1 N–H and O–H groups in total. The molecule has 1 heterocycles. The average molecular weight is 367 g/mol. The molecule has 0 bridgehead atoms. The van der Waals surface area contributed by atoms with E-state index < -0.39 is 0 Å². The highest BCUT2D eigenvalue weighted by molar-refractivity contribution is 5.91. The molecule has 3 rings (SSSR count). The van der Waals surface area contributed by atoms with Gasteiger partial charge in [0.05, 0.1) is 0 Å². The van der Waals surface area contributed by atoms with E-state index in [9.17, 15) is 9.18 Å². The number of furan rings is 1. The van der Waals surface area contributed by atoms with Gasteiger partial charge in [-0.15, -0.1) is 0 Å². The molecule has 0 saturated carbocycles. The van der Waals surface area contributed by atoms with Crippen LogP contribution in [-0.2, 0) is 19.6 Å². The Morgan fingerprint density at radius 2 is 1.70 bits per heavy atom. The summed E-state index contributed by atoms with van der Waals surface area (Å²) in [6, 6.07) is 17.3. The van der Waals surface area contributed by atoms with Crippen molar-refractivity contribution in [2.75, 3.05) is 0 Å². The van der Waals surface area contributed by atoms with Gasteiger partial charge in [0.1, 0.15) is 23.9 Å². The average Bonchev–Trinajstić information content (AvgIpc) is 3.16. The largest absolute Gasteiger partial charge is 0.486 e. The maximum Gasteiger partial charge on any atom is 0.287 e. The molecule has 3 aromatic rings. The molecule has 0 fully saturated rings. The molecule has 1 amide bonds. The third-order valence-corrected chi connectivity index (χ3v) is 4.09. The minimum atomic E-state index is -0.325. The van der Waals surface area contributed by atoms with Crippen LogP contribution in [-0.4, -0.2) is 5.91 Å². The van der Waals surface area contributed by atoms with Crippen molar-refractivity contribution in [3.05, 3.63) is 89.1 Å². The zero-order valence-corrected chi connectivity index (χ0v) is 15.2. The first kappa shape index (κ1) is 18.7. The molecule has 0 radical (unpaired) electrons. The van der Waals surface area contributed by atoms with E-state index in [1.54, 1.807) is 24.3 Å². The van der Waals surface area contributed by atoms with Gasteiger partial charge in [-0.25, -0.2) is 4.39 Å². The number of nitrogens with one attached hydrogen (secondary N) is 1. The highest BCUT2D eigenvalue weighted by atomic mass is 19.1. The molecule has 0 saturated heterocycles. The fourth-order valence-electron chi connectivity index (χ4n) is 2.64. The molecule has 0 aliphatic heterocycles. The van der Waals surface area contributed by atoms with Crippen molar-refractivity contribution >= 4 is 5.91 Å². The number of halogens is 1. The third-order valence-electron chi connectivity index (χ3n) is 4.09. The van der Waals surface area contributed by atoms with Crippen LogP contribution in [0.5, 0.6) is 5.75 Å². The van der Waals surface area contributed by atoms with Crippen molar-refractivity contribution < 1.29 is 18.3 Å². The lowest BCUT2D eigenvalue weighted by atomic mass is 10.1. The summed E-state index contributed by atoms with van der Waals surface area (Å²) in [7, 11) is 0. The second-order valence-corrected chi connectivity index (χ2v) is 6.26. The van der Waals surface area contributed by atoms with Gasteiger partial charge in [-0.3, -0.25) is 4.79 Å². The lowest BCUT2D eigenvalue weighted by molar-refractivity contribution is 0.0919. The topological polar surface area (TPSA) is 51.5 Å². The number of amides is 1. The Labute approximate surface area is 158 Å². The summed E-state index contributed by atoms with van der Waals surface area (Å²) in [6.45, 7) is 2.70. The standard InChI is InChI=1S/C22H22FNO3/c1-2-3-16-6-10-19(11-7-16)26-15-20-12-13-21(27-20)22(25)24-14-17-4-8-18(23)9-5-17/h4-13H,2-3,14-15H2,1H3,(H,24,25). The fraction of sp³-hybridized carbons (Fsp3) is 0.227. The number of carbonyl (C=O) groups is 1. The summed E-state index contributed by atoms with van der Waals surface area (Å²) in [4.78, 5) is 12.2. The van der Waals surface area contributed by atoms with Crippen LogP contribution in [0.1, 0.15) is 40.8 Å². The van der Waals surface area contributed by atoms with Crippen LogP contribution in [0.4, 0.5) is 4.39 Å². The van der Waals surface area contributed by atoms with Crippen LogP contribution in [0, 0.1) is 5.82 Å². The Hall–Kier alpha value is -3.08. The highest BCUT2D eigenvalue weighted by Crippen LogP contribution is 2.16. The molecular formula is C22H22FNO3. The molecule has 5 heteroatoms. The molecular weight excluding hydrogens is 345 g/mol. The quantitative estimate of drug-likeness (QED) is 0.617. The van der Waals surface area contributed by atoms with Crippen LogP contribution in [0.25, 0.3) is 0 Å². The van der Waals surface area contributed by atoms with Gasteiger partial charge in [0, 0.05) is 6.54 Å². The SMILES string of the molecule is CCCc1ccc(OCc2ccc(C(=O)NCc3ccc(F)cc3)o2)cc1. The molecule has 0 unspecified atom stereocenters. The van der Waals surface area contributed by atoms with Crippen LogP contribution >= 0.6 is 0 Å². The zero-order chi connectivity index (χ0) is 19.1. The third kappa shape index (κ3) is 5.45. The number of rotatable bonds is 8. The minimum absolute atomic E-state index is 0.217. The Morgan fingerprint density at radius 3 is 2.41 bits per heavy atom. The van der Waals surface area contributed by atoms with Gasteiger partial charge in [0.25, 0.3) is 5.91 Å². The molecule has 0 atom stereocenters. The Morgan fingerprint density at radius 1 is 1.00 bits per heavy atom. The lowest BCUT2D eigenvalue weighted by Crippen LogP contribution is -2.22. The monoisotopic (exact) mass is 367 g/mol. The second kappa shape index (κ2) is 9.03. The Kier molecular flexibility index (Phi) is 6.26. The lowest BCUT2D eigenvalue weighted by Gasteiger charge is -2.06. The summed E-state index contributed by atoms with van der Waals surface area (Å²) in [6.07, 6.45) is 2.16. The minimum Gasteiger partial charge on any atom is -0.486 e. The van der Waals surface area contributed by atoms with E-state index in [0.717, 1.165) is 24.2 Å². The first-order valence-corrected chi connectivity index (χ1v) is 8.97. The summed E-state index contributed by atoms with van der Waals surface area (Å²) < 4.78 is 24.1. The summed E-state index contributed by atoms with van der Waals surface area (Å²) in [5, 5.41) is 2.74. The molecule has 27 heavy (non-hydrogen) atoms. The maximum absolute atomic E-state index is 12.9. The van der Waals surface area contributed by atoms with E-state index >= 15 is 0 Å². The van der Waals surface area contributed by atoms with Crippen LogP contribution in [0.3, 0.4) is 0 Å². The zero-order valence-electron chi connectivity index (χ0n) is 15.2. The number of carbonyl (C=O) groups excluding carboxylic acids is 1. The van der Waals surface area contributed by atoms with Crippen LogP contribution in [0.2, 0.25) is 0 Å². The van der Waals surface area contributed by atoms with Crippen molar-refractivity contribution in [2.24, 2.45) is 0 Å². The van der Waals surface area contributed by atoms with Crippen LogP contribution < -0.4 is 10.1 Å². The van der Waals surface area contributed by atoms with Gasteiger partial charge in [-0.2, -0.15) is 0 Å². The predicted octanol–water partition coefficient (Wildman–Crippen LogP) is 4.88. The summed E-state index contributed by atoms with van der Waals surface area (Å²) >= 11 is 0. The number of hydrogen-bond acceptors (Lipinski definition) is 3. The van der Waals surface area contributed by atoms with Crippen LogP contribution in [0.15, 0.2) is 65.1 Å². The van der Waals surface area contributed by atoms with Crippen molar-refractivity contribution in [3.63, 3.8) is 0 Å². The molecule has 0 spiro atoms.